The molecule has 1 aliphatic heterocycles. The van der Waals surface area contributed by atoms with Crippen LogP contribution in [0.2, 0.25) is 0 Å². The molecule has 0 aromatic rings. The molecule has 3 amide bonds. The number of nitrogens with zero attached hydrogens (tertiary/aromatic N) is 1. The highest BCUT2D eigenvalue weighted by molar-refractivity contribution is 5.88. The lowest BCUT2D eigenvalue weighted by Gasteiger charge is -2.26. The summed E-state index contributed by atoms with van der Waals surface area (Å²) in [4.78, 5) is 35.1. The van der Waals surface area contributed by atoms with Crippen LogP contribution in [0.25, 0.3) is 0 Å². The second-order valence-electron chi connectivity index (χ2n) is 4.97. The van der Waals surface area contributed by atoms with Crippen molar-refractivity contribution in [2.75, 3.05) is 6.54 Å². The molecule has 1 fully saturated rings. The van der Waals surface area contributed by atoms with Crippen molar-refractivity contribution < 1.29 is 24.6 Å². The lowest BCUT2D eigenvalue weighted by atomic mass is 10.0. The van der Waals surface area contributed by atoms with Crippen LogP contribution in [0, 0.1) is 5.92 Å². The van der Waals surface area contributed by atoms with E-state index in [9.17, 15) is 19.5 Å². The van der Waals surface area contributed by atoms with Crippen LogP contribution in [0.5, 0.6) is 0 Å². The lowest BCUT2D eigenvalue weighted by Crippen LogP contribution is -2.54. The van der Waals surface area contributed by atoms with Crippen molar-refractivity contribution in [3.05, 3.63) is 0 Å². The summed E-state index contributed by atoms with van der Waals surface area (Å²) in [6, 6.07) is -2.67. The molecule has 108 valence electrons. The topological polar surface area (TPSA) is 133 Å². The van der Waals surface area contributed by atoms with E-state index < -0.39 is 36.1 Å². The minimum absolute atomic E-state index is 0.0222. The summed E-state index contributed by atoms with van der Waals surface area (Å²) in [5.41, 5.74) is 5.17. The Kier molecular flexibility index (Phi) is 4.71. The molecule has 0 bridgehead atoms. The average molecular weight is 273 g/mol. The summed E-state index contributed by atoms with van der Waals surface area (Å²) in [5, 5.41) is 20.8. The second kappa shape index (κ2) is 5.87. The Morgan fingerprint density at radius 2 is 1.95 bits per heavy atom. The fraction of sp³-hybridized carbons (Fsp3) is 0.727. The van der Waals surface area contributed by atoms with Gasteiger partial charge in [-0.2, -0.15) is 0 Å². The number of nitrogens with two attached hydrogens (primary N) is 1. The van der Waals surface area contributed by atoms with Gasteiger partial charge in [0.25, 0.3) is 0 Å². The van der Waals surface area contributed by atoms with E-state index in [1.54, 1.807) is 13.8 Å². The Bertz CT molecular complexity index is 385. The maximum Gasteiger partial charge on any atom is 0.326 e. The van der Waals surface area contributed by atoms with Crippen LogP contribution < -0.4 is 11.1 Å². The van der Waals surface area contributed by atoms with Gasteiger partial charge in [-0.25, -0.2) is 9.59 Å². The van der Waals surface area contributed by atoms with E-state index >= 15 is 0 Å². The zero-order valence-electron chi connectivity index (χ0n) is 10.9. The van der Waals surface area contributed by atoms with Gasteiger partial charge in [-0.3, -0.25) is 4.79 Å². The third-order valence-corrected chi connectivity index (χ3v) is 3.08. The van der Waals surface area contributed by atoms with Crippen molar-refractivity contribution >= 4 is 17.9 Å². The van der Waals surface area contributed by atoms with E-state index in [-0.39, 0.29) is 18.9 Å². The number of β-amino-alcohol motifs (C(OH)–C–C–N with tert-alkyl or cyclic N) is 1. The number of hydrogen-bond donors (Lipinski definition) is 4. The SMILES string of the molecule is CC(C)C(NC(=O)N1CC(O)C[C@H]1C(=O)O)C(N)=O. The number of aliphatic carboxylic acids is 1. The Balaban J connectivity index is 2.76. The first-order valence-electron chi connectivity index (χ1n) is 6.01. The van der Waals surface area contributed by atoms with E-state index in [4.69, 9.17) is 10.8 Å². The zero-order chi connectivity index (χ0) is 14.7. The van der Waals surface area contributed by atoms with E-state index in [1.807, 2.05) is 0 Å². The minimum Gasteiger partial charge on any atom is -0.480 e. The number of hydrogen-bond acceptors (Lipinski definition) is 4. The van der Waals surface area contributed by atoms with Gasteiger partial charge < -0.3 is 26.2 Å². The predicted octanol–water partition coefficient (Wildman–Crippen LogP) is -1.27. The van der Waals surface area contributed by atoms with Crippen molar-refractivity contribution in [2.45, 2.75) is 38.5 Å². The molecule has 8 heteroatoms. The number of carbonyl (C=O) groups is 3. The maximum atomic E-state index is 12.0. The molecule has 2 unspecified atom stereocenters. The number of nitrogens with one attached hydrogen (secondary N) is 1. The Morgan fingerprint density at radius 3 is 2.37 bits per heavy atom. The quantitative estimate of drug-likeness (QED) is 0.506. The van der Waals surface area contributed by atoms with Crippen molar-refractivity contribution in [2.24, 2.45) is 11.7 Å². The van der Waals surface area contributed by atoms with Crippen LogP contribution in [-0.4, -0.2) is 57.8 Å². The number of likely N-dealkylation sites (tertiary alicyclic amines) is 1. The number of urea groups is 1. The first-order valence-corrected chi connectivity index (χ1v) is 6.01. The number of primary amides is 1. The van der Waals surface area contributed by atoms with Crippen LogP contribution >= 0.6 is 0 Å². The van der Waals surface area contributed by atoms with Crippen molar-refractivity contribution in [1.82, 2.24) is 10.2 Å². The number of amides is 3. The van der Waals surface area contributed by atoms with Crippen molar-refractivity contribution in [1.29, 1.82) is 0 Å². The van der Waals surface area contributed by atoms with Gasteiger partial charge in [0.2, 0.25) is 5.91 Å². The molecule has 1 rings (SSSR count). The normalized spacial score (nSPS) is 24.3. The largest absolute Gasteiger partial charge is 0.480 e. The Morgan fingerprint density at radius 1 is 1.37 bits per heavy atom. The molecule has 19 heavy (non-hydrogen) atoms. The first kappa shape index (κ1) is 15.2. The Hall–Kier alpha value is -1.83. The summed E-state index contributed by atoms with van der Waals surface area (Å²) < 4.78 is 0. The predicted molar refractivity (Wildman–Crippen MR) is 65.1 cm³/mol. The summed E-state index contributed by atoms with van der Waals surface area (Å²) in [6.45, 7) is 3.35. The molecule has 0 aromatic heterocycles. The van der Waals surface area contributed by atoms with Gasteiger partial charge in [0.05, 0.1) is 6.10 Å². The average Bonchev–Trinajstić information content (AvgIpc) is 2.67. The standard InChI is InChI=1S/C11H19N3O5/c1-5(2)8(9(12)16)13-11(19)14-4-6(15)3-7(14)10(17)18/h5-8,15H,3-4H2,1-2H3,(H2,12,16)(H,13,19)(H,17,18)/t6?,7-,8?/m0/s1. The monoisotopic (exact) mass is 273 g/mol. The van der Waals surface area contributed by atoms with E-state index in [0.29, 0.717) is 0 Å². The lowest BCUT2D eigenvalue weighted by molar-refractivity contribution is -0.141. The number of carboxylic acid groups (broad SMARTS) is 1. The highest BCUT2D eigenvalue weighted by Gasteiger charge is 2.40. The van der Waals surface area contributed by atoms with Gasteiger partial charge in [-0.05, 0) is 5.92 Å². The molecule has 5 N–H and O–H groups in total. The molecule has 0 saturated carbocycles. The maximum absolute atomic E-state index is 12.0. The highest BCUT2D eigenvalue weighted by Crippen LogP contribution is 2.18. The second-order valence-corrected chi connectivity index (χ2v) is 4.97. The molecule has 0 aromatic carbocycles. The van der Waals surface area contributed by atoms with Gasteiger partial charge in [0.15, 0.2) is 0 Å². The fourth-order valence-corrected chi connectivity index (χ4v) is 2.05. The molecule has 0 spiro atoms. The fourth-order valence-electron chi connectivity index (χ4n) is 2.05. The summed E-state index contributed by atoms with van der Waals surface area (Å²) in [5.74, 6) is -2.08. The number of carbonyl (C=O) groups excluding carboxylic acids is 2. The van der Waals surface area contributed by atoms with Gasteiger partial charge >= 0.3 is 12.0 Å². The summed E-state index contributed by atoms with van der Waals surface area (Å²) in [7, 11) is 0. The van der Waals surface area contributed by atoms with E-state index in [0.717, 1.165) is 4.90 Å². The molecule has 8 nitrogen and oxygen atoms in total. The number of rotatable bonds is 4. The minimum atomic E-state index is -1.19. The van der Waals surface area contributed by atoms with Gasteiger partial charge in [-0.1, -0.05) is 13.8 Å². The number of aliphatic hydroxyl groups excluding tert-OH is 1. The first-order chi connectivity index (χ1) is 8.73. The molecule has 3 atom stereocenters. The molecule has 1 saturated heterocycles. The summed E-state index contributed by atoms with van der Waals surface area (Å²) in [6.07, 6.45) is -0.899. The van der Waals surface area contributed by atoms with Gasteiger partial charge in [-0.15, -0.1) is 0 Å². The number of aliphatic hydroxyl groups is 1. The van der Waals surface area contributed by atoms with Crippen LogP contribution in [0.15, 0.2) is 0 Å². The van der Waals surface area contributed by atoms with E-state index in [2.05, 4.69) is 5.32 Å². The molecule has 1 aliphatic rings. The highest BCUT2D eigenvalue weighted by atomic mass is 16.4. The zero-order valence-corrected chi connectivity index (χ0v) is 10.9. The van der Waals surface area contributed by atoms with Crippen LogP contribution in [-0.2, 0) is 9.59 Å². The third kappa shape index (κ3) is 3.57. The third-order valence-electron chi connectivity index (χ3n) is 3.08. The molecule has 0 radical (unpaired) electrons. The number of carboxylic acids is 1. The van der Waals surface area contributed by atoms with Gasteiger partial charge in [0.1, 0.15) is 12.1 Å². The van der Waals surface area contributed by atoms with Crippen LogP contribution in [0.1, 0.15) is 20.3 Å². The van der Waals surface area contributed by atoms with Crippen LogP contribution in [0.4, 0.5) is 4.79 Å². The molecular formula is C11H19N3O5. The molecule has 0 aliphatic carbocycles. The Labute approximate surface area is 110 Å². The van der Waals surface area contributed by atoms with E-state index in [1.165, 1.54) is 0 Å². The smallest absolute Gasteiger partial charge is 0.326 e. The van der Waals surface area contributed by atoms with Crippen molar-refractivity contribution in [3.8, 4) is 0 Å². The van der Waals surface area contributed by atoms with Crippen LogP contribution in [0.3, 0.4) is 0 Å². The molecule has 1 heterocycles. The summed E-state index contributed by atoms with van der Waals surface area (Å²) >= 11 is 0. The van der Waals surface area contributed by atoms with Gasteiger partial charge in [0, 0.05) is 13.0 Å². The molecular weight excluding hydrogens is 254 g/mol. The van der Waals surface area contributed by atoms with Crippen molar-refractivity contribution in [3.63, 3.8) is 0 Å².